The summed E-state index contributed by atoms with van der Waals surface area (Å²) < 4.78 is 1.85. The molecule has 3 rings (SSSR count). The van der Waals surface area contributed by atoms with Gasteiger partial charge in [0, 0.05) is 17.5 Å². The molecule has 3 nitrogen and oxygen atoms in total. The van der Waals surface area contributed by atoms with Crippen LogP contribution in [-0.2, 0) is 7.05 Å². The van der Waals surface area contributed by atoms with E-state index in [4.69, 9.17) is 0 Å². The van der Waals surface area contributed by atoms with Gasteiger partial charge in [-0.1, -0.05) is 24.3 Å². The van der Waals surface area contributed by atoms with E-state index in [0.29, 0.717) is 0 Å². The quantitative estimate of drug-likeness (QED) is 0.708. The molecular formula is C15H15N3S. The third-order valence-electron chi connectivity index (χ3n) is 3.11. The average Bonchev–Trinajstić information content (AvgIpc) is 2.96. The third-order valence-corrected chi connectivity index (χ3v) is 4.11. The number of aromatic nitrogens is 3. The maximum absolute atomic E-state index is 4.69. The number of nitrogens with zero attached hydrogens (tertiary/aromatic N) is 3. The lowest BCUT2D eigenvalue weighted by Gasteiger charge is -2.03. The van der Waals surface area contributed by atoms with Crippen LogP contribution in [0, 0.1) is 13.8 Å². The first-order valence-electron chi connectivity index (χ1n) is 6.19. The van der Waals surface area contributed by atoms with Crippen molar-refractivity contribution in [3.05, 3.63) is 46.8 Å². The molecule has 0 unspecified atom stereocenters. The smallest absolute Gasteiger partial charge is 0.191 e. The van der Waals surface area contributed by atoms with Crippen LogP contribution in [-0.4, -0.2) is 14.8 Å². The van der Waals surface area contributed by atoms with E-state index in [-0.39, 0.29) is 0 Å². The highest BCUT2D eigenvalue weighted by Crippen LogP contribution is 2.28. The lowest BCUT2D eigenvalue weighted by molar-refractivity contribution is 0.777. The zero-order valence-electron chi connectivity index (χ0n) is 11.2. The normalized spacial score (nSPS) is 10.9. The molecule has 0 aliphatic carbocycles. The van der Waals surface area contributed by atoms with E-state index < -0.39 is 0 Å². The Labute approximate surface area is 116 Å². The van der Waals surface area contributed by atoms with Crippen molar-refractivity contribution in [3.63, 3.8) is 0 Å². The van der Waals surface area contributed by atoms with Crippen molar-refractivity contribution in [2.45, 2.75) is 13.8 Å². The van der Waals surface area contributed by atoms with Crippen LogP contribution in [0.25, 0.3) is 22.1 Å². The molecule has 19 heavy (non-hydrogen) atoms. The molecule has 2 aromatic heterocycles. The van der Waals surface area contributed by atoms with Gasteiger partial charge < -0.3 is 0 Å². The molecule has 0 aliphatic heterocycles. The van der Waals surface area contributed by atoms with Gasteiger partial charge in [0.25, 0.3) is 0 Å². The molecule has 0 spiro atoms. The summed E-state index contributed by atoms with van der Waals surface area (Å²) in [5, 5.41) is 4.53. The Balaban J connectivity index is 2.10. The van der Waals surface area contributed by atoms with Crippen molar-refractivity contribution in [2.75, 3.05) is 0 Å². The van der Waals surface area contributed by atoms with Crippen LogP contribution in [0.5, 0.6) is 0 Å². The number of thiophene rings is 1. The minimum atomic E-state index is 0.804. The van der Waals surface area contributed by atoms with E-state index in [9.17, 15) is 0 Å². The monoisotopic (exact) mass is 269 g/mol. The van der Waals surface area contributed by atoms with Gasteiger partial charge in [0.15, 0.2) is 11.6 Å². The van der Waals surface area contributed by atoms with Crippen molar-refractivity contribution in [2.24, 2.45) is 7.05 Å². The van der Waals surface area contributed by atoms with E-state index in [0.717, 1.165) is 22.1 Å². The predicted molar refractivity (Wildman–Crippen MR) is 79.2 cm³/mol. The first kappa shape index (κ1) is 12.1. The minimum absolute atomic E-state index is 0.804. The topological polar surface area (TPSA) is 30.7 Å². The summed E-state index contributed by atoms with van der Waals surface area (Å²) >= 11 is 1.72. The highest BCUT2D eigenvalue weighted by Gasteiger charge is 2.13. The van der Waals surface area contributed by atoms with Crippen LogP contribution in [0.3, 0.4) is 0 Å². The van der Waals surface area contributed by atoms with E-state index in [1.165, 1.54) is 10.4 Å². The Kier molecular flexibility index (Phi) is 2.95. The molecule has 1 aromatic carbocycles. The number of rotatable bonds is 2. The molecule has 0 fully saturated rings. The maximum Gasteiger partial charge on any atom is 0.191 e. The van der Waals surface area contributed by atoms with Gasteiger partial charge in [0.05, 0.1) is 4.88 Å². The zero-order chi connectivity index (χ0) is 13.4. The predicted octanol–water partition coefficient (Wildman–Crippen LogP) is 3.83. The molecule has 2 heterocycles. The number of benzene rings is 1. The lowest BCUT2D eigenvalue weighted by Crippen LogP contribution is -1.95. The minimum Gasteiger partial charge on any atom is -0.248 e. The van der Waals surface area contributed by atoms with Crippen molar-refractivity contribution in [3.8, 4) is 22.1 Å². The van der Waals surface area contributed by atoms with E-state index >= 15 is 0 Å². The van der Waals surface area contributed by atoms with Crippen molar-refractivity contribution in [1.82, 2.24) is 14.8 Å². The van der Waals surface area contributed by atoms with Crippen LogP contribution < -0.4 is 0 Å². The largest absolute Gasteiger partial charge is 0.248 e. The maximum atomic E-state index is 4.69. The first-order chi connectivity index (χ1) is 9.15. The third kappa shape index (κ3) is 2.19. The summed E-state index contributed by atoms with van der Waals surface area (Å²) in [6.45, 7) is 4.19. The number of aryl methyl sites for hydroxylation is 3. The fourth-order valence-corrected chi connectivity index (χ4v) is 2.90. The summed E-state index contributed by atoms with van der Waals surface area (Å²) in [6.07, 6.45) is 0. The average molecular weight is 269 g/mol. The molecule has 0 bridgehead atoms. The van der Waals surface area contributed by atoms with Crippen LogP contribution >= 0.6 is 11.3 Å². The Morgan fingerprint density at radius 3 is 2.53 bits per heavy atom. The summed E-state index contributed by atoms with van der Waals surface area (Å²) in [7, 11) is 1.94. The zero-order valence-corrected chi connectivity index (χ0v) is 12.0. The van der Waals surface area contributed by atoms with Gasteiger partial charge in [0.1, 0.15) is 0 Å². The van der Waals surface area contributed by atoms with Gasteiger partial charge in [-0.25, -0.2) is 9.67 Å². The second kappa shape index (κ2) is 4.63. The molecule has 0 N–H and O–H groups in total. The van der Waals surface area contributed by atoms with Crippen molar-refractivity contribution >= 4 is 11.3 Å². The molecule has 0 radical (unpaired) electrons. The summed E-state index contributed by atoms with van der Waals surface area (Å²) in [4.78, 5) is 7.08. The molecule has 0 amide bonds. The van der Waals surface area contributed by atoms with Crippen molar-refractivity contribution in [1.29, 1.82) is 0 Å². The molecule has 0 saturated heterocycles. The Bertz CT molecular complexity index is 725. The molecule has 0 atom stereocenters. The van der Waals surface area contributed by atoms with Crippen LogP contribution in [0.15, 0.2) is 36.4 Å². The molecule has 0 saturated carbocycles. The number of hydrogen-bond acceptors (Lipinski definition) is 3. The Morgan fingerprint density at radius 1 is 1.05 bits per heavy atom. The van der Waals surface area contributed by atoms with Gasteiger partial charge in [0.2, 0.25) is 0 Å². The Morgan fingerprint density at radius 2 is 1.84 bits per heavy atom. The number of hydrogen-bond donors (Lipinski definition) is 0. The second-order valence-electron chi connectivity index (χ2n) is 4.61. The van der Waals surface area contributed by atoms with Gasteiger partial charge in [-0.3, -0.25) is 0 Å². The van der Waals surface area contributed by atoms with Gasteiger partial charge in [-0.05, 0) is 31.5 Å². The molecule has 96 valence electrons. The molecular weight excluding hydrogens is 254 g/mol. The highest BCUT2D eigenvalue weighted by atomic mass is 32.1. The van der Waals surface area contributed by atoms with Crippen LogP contribution in [0.2, 0.25) is 0 Å². The fraction of sp³-hybridized carbons (Fsp3) is 0.200. The first-order valence-corrected chi connectivity index (χ1v) is 7.00. The van der Waals surface area contributed by atoms with Gasteiger partial charge in [-0.2, -0.15) is 0 Å². The van der Waals surface area contributed by atoms with Gasteiger partial charge in [-0.15, -0.1) is 16.4 Å². The molecule has 3 aromatic rings. The molecule has 4 heteroatoms. The SMILES string of the molecule is Cc1ccc(-c2nc(-c3ccccc3C)n(C)n2)s1. The fourth-order valence-electron chi connectivity index (χ4n) is 2.10. The van der Waals surface area contributed by atoms with Crippen LogP contribution in [0.1, 0.15) is 10.4 Å². The van der Waals surface area contributed by atoms with E-state index in [2.05, 4.69) is 48.2 Å². The van der Waals surface area contributed by atoms with Crippen LogP contribution in [0.4, 0.5) is 0 Å². The summed E-state index contributed by atoms with van der Waals surface area (Å²) in [6, 6.07) is 12.4. The summed E-state index contributed by atoms with van der Waals surface area (Å²) in [5.41, 5.74) is 2.35. The summed E-state index contributed by atoms with van der Waals surface area (Å²) in [5.74, 6) is 1.72. The van der Waals surface area contributed by atoms with Gasteiger partial charge >= 0.3 is 0 Å². The second-order valence-corrected chi connectivity index (χ2v) is 5.90. The van der Waals surface area contributed by atoms with Crippen molar-refractivity contribution < 1.29 is 0 Å². The highest BCUT2D eigenvalue weighted by molar-refractivity contribution is 7.15. The Hall–Kier alpha value is -1.94. The standard InChI is InChI=1S/C15H15N3S/c1-10-6-4-5-7-12(10)15-16-14(17-18(15)3)13-9-8-11(2)19-13/h4-9H,1-3H3. The van der Waals surface area contributed by atoms with E-state index in [1.807, 2.05) is 23.9 Å². The lowest BCUT2D eigenvalue weighted by atomic mass is 10.1. The molecule has 0 aliphatic rings. The van der Waals surface area contributed by atoms with E-state index in [1.54, 1.807) is 11.3 Å².